The number of hydrogen-bond acceptors (Lipinski definition) is 4. The van der Waals surface area contributed by atoms with Crippen LogP contribution in [0.4, 0.5) is 0 Å². The molecule has 7 heteroatoms. The maximum atomic E-state index is 12.4. The fraction of sp³-hybridized carbons (Fsp3) is 0.400. The van der Waals surface area contributed by atoms with Gasteiger partial charge in [-0.3, -0.25) is 14.5 Å². The van der Waals surface area contributed by atoms with Crippen molar-refractivity contribution in [2.24, 2.45) is 7.05 Å². The lowest BCUT2D eigenvalue weighted by Gasteiger charge is -2.13. The van der Waals surface area contributed by atoms with Crippen LogP contribution >= 0.6 is 24.0 Å². The number of nitrogens with zero attached hydrogens (tertiary/aromatic N) is 2. The topological polar surface area (TPSA) is 62.5 Å². The van der Waals surface area contributed by atoms with Crippen LogP contribution in [-0.2, 0) is 16.6 Å². The molecule has 1 N–H and O–H groups in total. The Bertz CT molecular complexity index is 622. The number of aryl methyl sites for hydroxylation is 1. The van der Waals surface area contributed by atoms with Crippen molar-refractivity contribution in [1.29, 1.82) is 0 Å². The van der Waals surface area contributed by atoms with Gasteiger partial charge in [0.05, 0.1) is 4.91 Å². The Morgan fingerprint density at radius 2 is 2.18 bits per heavy atom. The fourth-order valence-electron chi connectivity index (χ4n) is 2.17. The highest BCUT2D eigenvalue weighted by Crippen LogP contribution is 2.32. The van der Waals surface area contributed by atoms with Crippen LogP contribution in [0, 0.1) is 0 Å². The highest BCUT2D eigenvalue weighted by Gasteiger charge is 2.31. The van der Waals surface area contributed by atoms with E-state index in [2.05, 4.69) is 0 Å². The van der Waals surface area contributed by atoms with Crippen LogP contribution in [0.25, 0.3) is 6.08 Å². The summed E-state index contributed by atoms with van der Waals surface area (Å²) in [5.74, 6) is -0.842. The van der Waals surface area contributed by atoms with Gasteiger partial charge in [-0.1, -0.05) is 30.4 Å². The number of carbonyl (C=O) groups is 2. The minimum Gasteiger partial charge on any atom is -0.481 e. The summed E-state index contributed by atoms with van der Waals surface area (Å²) in [6, 6.07) is 3.87. The van der Waals surface area contributed by atoms with Crippen molar-refractivity contribution in [3.8, 4) is 0 Å². The lowest BCUT2D eigenvalue weighted by atomic mass is 10.2. The predicted molar refractivity (Wildman–Crippen MR) is 91.4 cm³/mol. The molecule has 1 fully saturated rings. The molecule has 2 rings (SSSR count). The Morgan fingerprint density at radius 3 is 2.82 bits per heavy atom. The number of unbranched alkanes of at least 4 members (excludes halogenated alkanes) is 2. The third-order valence-electron chi connectivity index (χ3n) is 3.41. The second-order valence-corrected chi connectivity index (χ2v) is 6.76. The molecule has 5 nitrogen and oxygen atoms in total. The van der Waals surface area contributed by atoms with E-state index in [4.69, 9.17) is 17.3 Å². The van der Waals surface area contributed by atoms with Crippen LogP contribution in [0.15, 0.2) is 23.2 Å². The third kappa shape index (κ3) is 4.20. The van der Waals surface area contributed by atoms with Gasteiger partial charge in [-0.25, -0.2) is 0 Å². The van der Waals surface area contributed by atoms with Gasteiger partial charge >= 0.3 is 5.97 Å². The summed E-state index contributed by atoms with van der Waals surface area (Å²) in [4.78, 5) is 25.1. The number of thioether (sulfide) groups is 1. The van der Waals surface area contributed by atoms with Crippen LogP contribution in [-0.4, -0.2) is 37.3 Å². The molecule has 0 aliphatic carbocycles. The Morgan fingerprint density at radius 1 is 1.41 bits per heavy atom. The van der Waals surface area contributed by atoms with Crippen molar-refractivity contribution in [1.82, 2.24) is 9.47 Å². The summed E-state index contributed by atoms with van der Waals surface area (Å²) in [5, 5.41) is 8.59. The van der Waals surface area contributed by atoms with Gasteiger partial charge < -0.3 is 9.67 Å². The lowest BCUT2D eigenvalue weighted by Crippen LogP contribution is -2.29. The van der Waals surface area contributed by atoms with E-state index in [1.807, 2.05) is 36.0 Å². The van der Waals surface area contributed by atoms with Crippen molar-refractivity contribution in [3.05, 3.63) is 28.9 Å². The highest BCUT2D eigenvalue weighted by molar-refractivity contribution is 8.26. The average Bonchev–Trinajstić information content (AvgIpc) is 2.96. The van der Waals surface area contributed by atoms with Crippen LogP contribution in [0.2, 0.25) is 0 Å². The van der Waals surface area contributed by atoms with E-state index in [-0.39, 0.29) is 12.3 Å². The number of aromatic nitrogens is 1. The summed E-state index contributed by atoms with van der Waals surface area (Å²) in [6.07, 6.45) is 6.12. The van der Waals surface area contributed by atoms with E-state index in [0.29, 0.717) is 22.2 Å². The second-order valence-electron chi connectivity index (χ2n) is 5.08. The molecule has 2 heterocycles. The molecule has 1 aromatic rings. The molecule has 1 aliphatic heterocycles. The second kappa shape index (κ2) is 7.60. The molecule has 0 aromatic carbocycles. The van der Waals surface area contributed by atoms with E-state index in [9.17, 15) is 9.59 Å². The van der Waals surface area contributed by atoms with Crippen LogP contribution in [0.3, 0.4) is 0 Å². The van der Waals surface area contributed by atoms with E-state index in [1.54, 1.807) is 4.90 Å². The molecular formula is C15H18N2O3S2. The van der Waals surface area contributed by atoms with Crippen molar-refractivity contribution in [3.63, 3.8) is 0 Å². The maximum Gasteiger partial charge on any atom is 0.303 e. The largest absolute Gasteiger partial charge is 0.481 e. The molecule has 0 saturated carbocycles. The molecule has 0 radical (unpaired) electrons. The molecule has 118 valence electrons. The molecule has 1 aliphatic rings. The summed E-state index contributed by atoms with van der Waals surface area (Å²) in [5.41, 5.74) is 0.960. The van der Waals surface area contributed by atoms with Crippen molar-refractivity contribution >= 4 is 46.3 Å². The molecule has 1 aromatic heterocycles. The van der Waals surface area contributed by atoms with Gasteiger partial charge in [0.2, 0.25) is 0 Å². The van der Waals surface area contributed by atoms with Gasteiger partial charge in [0.15, 0.2) is 0 Å². The third-order valence-corrected chi connectivity index (χ3v) is 4.79. The first-order chi connectivity index (χ1) is 10.5. The minimum absolute atomic E-state index is 0.0607. The van der Waals surface area contributed by atoms with Gasteiger partial charge in [-0.05, 0) is 31.1 Å². The van der Waals surface area contributed by atoms with Crippen LogP contribution in [0.5, 0.6) is 0 Å². The van der Waals surface area contributed by atoms with Gasteiger partial charge in [-0.2, -0.15) is 0 Å². The number of hydrogen-bond donors (Lipinski definition) is 1. The zero-order valence-electron chi connectivity index (χ0n) is 12.3. The van der Waals surface area contributed by atoms with E-state index >= 15 is 0 Å². The zero-order valence-corrected chi connectivity index (χ0v) is 14.0. The number of carboxylic acids is 1. The van der Waals surface area contributed by atoms with Crippen LogP contribution in [0.1, 0.15) is 31.4 Å². The maximum absolute atomic E-state index is 12.4. The molecular weight excluding hydrogens is 320 g/mol. The van der Waals surface area contributed by atoms with Gasteiger partial charge in [0.25, 0.3) is 5.91 Å². The molecule has 1 amide bonds. The normalized spacial score (nSPS) is 16.8. The SMILES string of the molecule is Cn1cccc1C=C1SC(=S)N(CCCCCC(=O)O)C1=O. The first kappa shape index (κ1) is 16.8. The van der Waals surface area contributed by atoms with E-state index in [1.165, 1.54) is 11.8 Å². The molecule has 0 atom stereocenters. The van der Waals surface area contributed by atoms with E-state index in [0.717, 1.165) is 18.5 Å². The van der Waals surface area contributed by atoms with Gasteiger partial charge in [-0.15, -0.1) is 0 Å². The summed E-state index contributed by atoms with van der Waals surface area (Å²) < 4.78 is 2.52. The monoisotopic (exact) mass is 338 g/mol. The van der Waals surface area contributed by atoms with Crippen LogP contribution < -0.4 is 0 Å². The standard InChI is InChI=1S/C15H18N2O3S2/c1-16-8-5-6-11(16)10-12-14(20)17(15(21)22-12)9-4-2-3-7-13(18)19/h5-6,8,10H,2-4,7,9H2,1H3,(H,18,19). The van der Waals surface area contributed by atoms with Crippen molar-refractivity contribution in [2.75, 3.05) is 6.54 Å². The Labute approximate surface area is 139 Å². The Hall–Kier alpha value is -1.60. The highest BCUT2D eigenvalue weighted by atomic mass is 32.2. The number of rotatable bonds is 7. The first-order valence-corrected chi connectivity index (χ1v) is 8.30. The number of carboxylic acid groups (broad SMARTS) is 1. The molecule has 0 unspecified atom stereocenters. The first-order valence-electron chi connectivity index (χ1n) is 7.07. The summed E-state index contributed by atoms with van der Waals surface area (Å²) in [7, 11) is 1.93. The fourth-order valence-corrected chi connectivity index (χ4v) is 3.47. The Kier molecular flexibility index (Phi) is 5.79. The zero-order chi connectivity index (χ0) is 16.1. The molecule has 0 spiro atoms. The smallest absolute Gasteiger partial charge is 0.303 e. The number of carbonyl (C=O) groups excluding carboxylic acids is 1. The summed E-state index contributed by atoms with van der Waals surface area (Å²) >= 11 is 6.59. The molecule has 1 saturated heterocycles. The quantitative estimate of drug-likeness (QED) is 0.470. The molecule has 0 bridgehead atoms. The minimum atomic E-state index is -0.781. The van der Waals surface area contributed by atoms with Crippen molar-refractivity contribution in [2.45, 2.75) is 25.7 Å². The number of aliphatic carboxylic acids is 1. The predicted octanol–water partition coefficient (Wildman–Crippen LogP) is 2.87. The van der Waals surface area contributed by atoms with Crippen molar-refractivity contribution < 1.29 is 14.7 Å². The molecule has 22 heavy (non-hydrogen) atoms. The van der Waals surface area contributed by atoms with Gasteiger partial charge in [0.1, 0.15) is 4.32 Å². The average molecular weight is 338 g/mol. The number of amides is 1. The summed E-state index contributed by atoms with van der Waals surface area (Å²) in [6.45, 7) is 0.550. The Balaban J connectivity index is 1.90. The van der Waals surface area contributed by atoms with E-state index < -0.39 is 5.97 Å². The lowest BCUT2D eigenvalue weighted by molar-refractivity contribution is -0.137. The number of thiocarbonyl (C=S) groups is 1. The van der Waals surface area contributed by atoms with Gasteiger partial charge in [0, 0.05) is 31.9 Å².